The van der Waals surface area contributed by atoms with Crippen molar-refractivity contribution in [2.24, 2.45) is 5.92 Å². The molecule has 0 bridgehead atoms. The van der Waals surface area contributed by atoms with Gasteiger partial charge in [-0.3, -0.25) is 4.79 Å². The quantitative estimate of drug-likeness (QED) is 0.715. The van der Waals surface area contributed by atoms with Gasteiger partial charge in [0.05, 0.1) is 6.42 Å². The van der Waals surface area contributed by atoms with Crippen molar-refractivity contribution in [3.8, 4) is 0 Å². The lowest BCUT2D eigenvalue weighted by atomic mass is 9.87. The third kappa shape index (κ3) is 5.52. The Kier molecular flexibility index (Phi) is 5.29. The van der Waals surface area contributed by atoms with Crippen LogP contribution in [0.15, 0.2) is 0 Å². The number of hydrogen-bond acceptors (Lipinski definition) is 1. The third-order valence-electron chi connectivity index (χ3n) is 3.22. The molecule has 0 atom stereocenters. The van der Waals surface area contributed by atoms with Crippen molar-refractivity contribution in [2.75, 3.05) is 0 Å². The molecule has 0 spiro atoms. The van der Waals surface area contributed by atoms with Crippen LogP contribution >= 0.6 is 0 Å². The normalized spacial score (nSPS) is 20.2. The van der Waals surface area contributed by atoms with Gasteiger partial charge in [0.15, 0.2) is 0 Å². The van der Waals surface area contributed by atoms with Gasteiger partial charge in [-0.25, -0.2) is 0 Å². The Morgan fingerprint density at radius 1 is 1.00 bits per heavy atom. The maximum Gasteiger partial charge on any atom is 0.389 e. The van der Waals surface area contributed by atoms with Crippen molar-refractivity contribution >= 4 is 5.78 Å². The van der Waals surface area contributed by atoms with E-state index in [1.54, 1.807) is 0 Å². The van der Waals surface area contributed by atoms with E-state index in [4.69, 9.17) is 0 Å². The molecule has 0 aliphatic heterocycles. The van der Waals surface area contributed by atoms with Crippen LogP contribution in [0, 0.1) is 5.92 Å². The molecule has 0 heterocycles. The van der Waals surface area contributed by atoms with Gasteiger partial charge in [0.1, 0.15) is 5.78 Å². The molecule has 0 amide bonds. The SMILES string of the molecule is O=C(CCC(F)(F)F)C1CCCCCCC1. The summed E-state index contributed by atoms with van der Waals surface area (Å²) in [7, 11) is 0. The van der Waals surface area contributed by atoms with E-state index in [0.717, 1.165) is 38.5 Å². The van der Waals surface area contributed by atoms with Crippen LogP contribution in [0.4, 0.5) is 13.2 Å². The standard InChI is InChI=1S/C12H19F3O/c13-12(14,15)9-8-11(16)10-6-4-2-1-3-5-7-10/h10H,1-9H2. The third-order valence-corrected chi connectivity index (χ3v) is 3.22. The molecule has 1 saturated carbocycles. The molecule has 0 aromatic rings. The van der Waals surface area contributed by atoms with Gasteiger partial charge in [0.25, 0.3) is 0 Å². The monoisotopic (exact) mass is 236 g/mol. The second-order valence-electron chi connectivity index (χ2n) is 4.62. The summed E-state index contributed by atoms with van der Waals surface area (Å²) in [6.45, 7) is 0. The molecule has 16 heavy (non-hydrogen) atoms. The van der Waals surface area contributed by atoms with Crippen molar-refractivity contribution in [2.45, 2.75) is 64.0 Å². The zero-order valence-corrected chi connectivity index (χ0v) is 9.48. The number of ketones is 1. The van der Waals surface area contributed by atoms with Gasteiger partial charge in [-0.2, -0.15) is 13.2 Å². The highest BCUT2D eigenvalue weighted by Gasteiger charge is 2.29. The fraction of sp³-hybridized carbons (Fsp3) is 0.917. The van der Waals surface area contributed by atoms with E-state index in [-0.39, 0.29) is 18.1 Å². The van der Waals surface area contributed by atoms with E-state index in [1.165, 1.54) is 6.42 Å². The summed E-state index contributed by atoms with van der Waals surface area (Å²) in [5, 5.41) is 0. The summed E-state index contributed by atoms with van der Waals surface area (Å²) in [6.07, 6.45) is 1.50. The first-order chi connectivity index (χ1) is 7.49. The summed E-state index contributed by atoms with van der Waals surface area (Å²) < 4.78 is 35.9. The van der Waals surface area contributed by atoms with E-state index in [9.17, 15) is 18.0 Å². The molecule has 1 aliphatic rings. The zero-order chi connectivity index (χ0) is 12.0. The largest absolute Gasteiger partial charge is 0.389 e. The van der Waals surface area contributed by atoms with Crippen LogP contribution in [-0.4, -0.2) is 12.0 Å². The molecular weight excluding hydrogens is 217 g/mol. The van der Waals surface area contributed by atoms with E-state index in [2.05, 4.69) is 0 Å². The maximum atomic E-state index is 12.0. The highest BCUT2D eigenvalue weighted by atomic mass is 19.4. The van der Waals surface area contributed by atoms with Gasteiger partial charge >= 0.3 is 6.18 Å². The average molecular weight is 236 g/mol. The predicted octanol–water partition coefficient (Wildman–Crippen LogP) is 4.26. The smallest absolute Gasteiger partial charge is 0.299 e. The molecule has 4 heteroatoms. The van der Waals surface area contributed by atoms with E-state index in [0.29, 0.717) is 0 Å². The van der Waals surface area contributed by atoms with Gasteiger partial charge in [-0.15, -0.1) is 0 Å². The summed E-state index contributed by atoms with van der Waals surface area (Å²) in [4.78, 5) is 11.6. The average Bonchev–Trinajstić information content (AvgIpc) is 2.12. The minimum Gasteiger partial charge on any atom is -0.299 e. The molecule has 0 aromatic heterocycles. The Bertz CT molecular complexity index is 215. The number of carbonyl (C=O) groups excluding carboxylic acids is 1. The summed E-state index contributed by atoms with van der Waals surface area (Å²) in [6, 6.07) is 0. The Morgan fingerprint density at radius 2 is 1.50 bits per heavy atom. The summed E-state index contributed by atoms with van der Waals surface area (Å²) in [5.74, 6) is -0.290. The molecule has 94 valence electrons. The first-order valence-electron chi connectivity index (χ1n) is 6.08. The molecular formula is C12H19F3O. The van der Waals surface area contributed by atoms with Crippen LogP contribution in [0.25, 0.3) is 0 Å². The van der Waals surface area contributed by atoms with Crippen LogP contribution < -0.4 is 0 Å². The van der Waals surface area contributed by atoms with Crippen molar-refractivity contribution in [1.82, 2.24) is 0 Å². The topological polar surface area (TPSA) is 17.1 Å². The Hall–Kier alpha value is -0.540. The van der Waals surface area contributed by atoms with E-state index < -0.39 is 12.6 Å². The molecule has 1 aliphatic carbocycles. The van der Waals surface area contributed by atoms with E-state index in [1.807, 2.05) is 0 Å². The maximum absolute atomic E-state index is 12.0. The first-order valence-corrected chi connectivity index (χ1v) is 6.08. The Morgan fingerprint density at radius 3 is 2.00 bits per heavy atom. The van der Waals surface area contributed by atoms with Gasteiger partial charge in [-0.05, 0) is 12.8 Å². The highest BCUT2D eigenvalue weighted by Crippen LogP contribution is 2.27. The van der Waals surface area contributed by atoms with Crippen LogP contribution in [0.3, 0.4) is 0 Å². The van der Waals surface area contributed by atoms with Crippen molar-refractivity contribution in [1.29, 1.82) is 0 Å². The predicted molar refractivity (Wildman–Crippen MR) is 56.1 cm³/mol. The molecule has 0 N–H and O–H groups in total. The van der Waals surface area contributed by atoms with Gasteiger partial charge in [0, 0.05) is 12.3 Å². The molecule has 1 fully saturated rings. The number of carbonyl (C=O) groups is 1. The summed E-state index contributed by atoms with van der Waals surface area (Å²) >= 11 is 0. The highest BCUT2D eigenvalue weighted by molar-refractivity contribution is 5.80. The van der Waals surface area contributed by atoms with Gasteiger partial charge in [-0.1, -0.05) is 32.1 Å². The minimum absolute atomic E-state index is 0.109. The molecule has 1 nitrogen and oxygen atoms in total. The lowest BCUT2D eigenvalue weighted by Crippen LogP contribution is -2.19. The number of hydrogen-bond donors (Lipinski definition) is 0. The molecule has 1 rings (SSSR count). The fourth-order valence-corrected chi connectivity index (χ4v) is 2.25. The number of Topliss-reactive ketones (excluding diaryl/α,β-unsaturated/α-hetero) is 1. The van der Waals surface area contributed by atoms with Crippen molar-refractivity contribution in [3.05, 3.63) is 0 Å². The lowest BCUT2D eigenvalue weighted by molar-refractivity contribution is -0.145. The van der Waals surface area contributed by atoms with Crippen LogP contribution in [-0.2, 0) is 4.79 Å². The number of alkyl halides is 3. The number of halogens is 3. The second kappa shape index (κ2) is 6.26. The molecule has 0 radical (unpaired) electrons. The molecule has 0 aromatic carbocycles. The summed E-state index contributed by atoms with van der Waals surface area (Å²) in [5.41, 5.74) is 0. The Labute approximate surface area is 94.4 Å². The Balaban J connectivity index is 2.33. The zero-order valence-electron chi connectivity index (χ0n) is 9.48. The minimum atomic E-state index is -4.20. The number of rotatable bonds is 3. The first kappa shape index (κ1) is 13.5. The fourth-order valence-electron chi connectivity index (χ4n) is 2.25. The van der Waals surface area contributed by atoms with Crippen molar-refractivity contribution < 1.29 is 18.0 Å². The van der Waals surface area contributed by atoms with Crippen LogP contribution in [0.1, 0.15) is 57.8 Å². The molecule has 0 saturated heterocycles. The van der Waals surface area contributed by atoms with Crippen molar-refractivity contribution in [3.63, 3.8) is 0 Å². The second-order valence-corrected chi connectivity index (χ2v) is 4.62. The van der Waals surface area contributed by atoms with E-state index >= 15 is 0 Å². The van der Waals surface area contributed by atoms with Crippen LogP contribution in [0.5, 0.6) is 0 Å². The lowest BCUT2D eigenvalue weighted by Gasteiger charge is -2.18. The van der Waals surface area contributed by atoms with Gasteiger partial charge < -0.3 is 0 Å². The van der Waals surface area contributed by atoms with Crippen LogP contribution in [0.2, 0.25) is 0 Å². The van der Waals surface area contributed by atoms with Gasteiger partial charge in [0.2, 0.25) is 0 Å². The molecule has 0 unspecified atom stereocenters.